The molecule has 0 aromatic heterocycles. The number of hydrogen-bond donors (Lipinski definition) is 0. The molecule has 6 unspecified atom stereocenters. The Morgan fingerprint density at radius 2 is 1.06 bits per heavy atom. The molecule has 9 aliphatic rings. The Balaban J connectivity index is 1.59. The molecule has 0 heteroatoms. The maximum Gasteiger partial charge on any atom is 0.00715 e. The van der Waals surface area contributed by atoms with Gasteiger partial charge in [0.2, 0.25) is 0 Å². The summed E-state index contributed by atoms with van der Waals surface area (Å²) in [5.74, 6) is 3.45. The fourth-order valence-corrected chi connectivity index (χ4v) is 10.6. The van der Waals surface area contributed by atoms with Gasteiger partial charge in [0.05, 0.1) is 0 Å². The van der Waals surface area contributed by atoms with Crippen LogP contribution in [0, 0.1) is 50.7 Å². The minimum absolute atomic E-state index is 0.339. The van der Waals surface area contributed by atoms with Crippen LogP contribution in [0.5, 0.6) is 0 Å². The zero-order valence-corrected chi connectivity index (χ0v) is 22.1. The molecule has 0 saturated heterocycles. The molecule has 3 fully saturated rings. The summed E-state index contributed by atoms with van der Waals surface area (Å²) >= 11 is 0. The zero-order valence-electron chi connectivity index (χ0n) is 22.1. The van der Waals surface area contributed by atoms with Crippen LogP contribution in [0.2, 0.25) is 0 Å². The average Bonchev–Trinajstić information content (AvgIpc) is 2.69. The molecule has 9 aliphatic carbocycles. The van der Waals surface area contributed by atoms with Crippen molar-refractivity contribution in [1.82, 2.24) is 0 Å². The maximum atomic E-state index is 2.73. The third-order valence-corrected chi connectivity index (χ3v) is 13.5. The van der Waals surface area contributed by atoms with Crippen LogP contribution in [-0.4, -0.2) is 0 Å². The van der Waals surface area contributed by atoms with Crippen molar-refractivity contribution in [2.45, 2.75) is 108 Å². The third kappa shape index (κ3) is 1.99. The predicted octanol–water partition coefficient (Wildman–Crippen LogP) is 8.89. The lowest BCUT2D eigenvalue weighted by molar-refractivity contribution is -0.0856. The van der Waals surface area contributed by atoms with Crippen LogP contribution < -0.4 is 0 Å². The monoisotopic (exact) mass is 418 g/mol. The van der Waals surface area contributed by atoms with E-state index in [9.17, 15) is 0 Å². The van der Waals surface area contributed by atoms with E-state index in [2.05, 4.69) is 69.2 Å². The Bertz CT molecular complexity index is 991. The van der Waals surface area contributed by atoms with Gasteiger partial charge in [0, 0.05) is 5.41 Å². The van der Waals surface area contributed by atoms with Crippen molar-refractivity contribution in [3.63, 3.8) is 0 Å². The molecular weight excluding hydrogens is 372 g/mol. The highest BCUT2D eigenvalue weighted by atomic mass is 14.7. The smallest absolute Gasteiger partial charge is 0.00715 e. The summed E-state index contributed by atoms with van der Waals surface area (Å²) in [4.78, 5) is 0. The molecule has 0 heterocycles. The summed E-state index contributed by atoms with van der Waals surface area (Å²) in [6.07, 6.45) is 8.45. The normalized spacial score (nSPS) is 48.2. The molecule has 6 atom stereocenters. The number of hydrogen-bond acceptors (Lipinski definition) is 0. The van der Waals surface area contributed by atoms with Crippen molar-refractivity contribution < 1.29 is 0 Å². The largest absolute Gasteiger partial charge is 0.0695 e. The molecule has 0 spiro atoms. The predicted molar refractivity (Wildman–Crippen MR) is 132 cm³/mol. The van der Waals surface area contributed by atoms with E-state index < -0.39 is 0 Å². The van der Waals surface area contributed by atoms with Crippen LogP contribution in [0.4, 0.5) is 0 Å². The third-order valence-electron chi connectivity index (χ3n) is 13.5. The lowest BCUT2D eigenvalue weighted by Gasteiger charge is -2.72. The Morgan fingerprint density at radius 3 is 1.52 bits per heavy atom. The lowest BCUT2D eigenvalue weighted by Crippen LogP contribution is -2.63. The average molecular weight is 419 g/mol. The molecule has 0 aromatic rings. The summed E-state index contributed by atoms with van der Waals surface area (Å²) in [6.45, 7) is 25.7. The number of fused-ring (bicyclic) bond motifs is 8. The second-order valence-corrected chi connectivity index (χ2v) is 14.7. The van der Waals surface area contributed by atoms with E-state index in [1.807, 2.05) is 27.9 Å². The van der Waals surface area contributed by atoms with Crippen molar-refractivity contribution in [2.24, 2.45) is 50.7 Å². The van der Waals surface area contributed by atoms with Crippen LogP contribution in [0.25, 0.3) is 0 Å². The van der Waals surface area contributed by atoms with E-state index >= 15 is 0 Å². The van der Waals surface area contributed by atoms with Gasteiger partial charge < -0.3 is 0 Å². The van der Waals surface area contributed by atoms with Crippen molar-refractivity contribution in [3.8, 4) is 0 Å². The van der Waals surface area contributed by atoms with Gasteiger partial charge in [-0.1, -0.05) is 81.9 Å². The van der Waals surface area contributed by atoms with Crippen LogP contribution in [0.1, 0.15) is 108 Å². The first-order valence-electron chi connectivity index (χ1n) is 13.3. The van der Waals surface area contributed by atoms with Gasteiger partial charge in [-0.25, -0.2) is 0 Å². The van der Waals surface area contributed by atoms with E-state index in [1.54, 1.807) is 5.57 Å². The minimum atomic E-state index is 0.339. The summed E-state index contributed by atoms with van der Waals surface area (Å²) in [5.41, 5.74) is 13.0. The summed E-state index contributed by atoms with van der Waals surface area (Å²) in [7, 11) is 0. The van der Waals surface area contributed by atoms with Gasteiger partial charge in [0.25, 0.3) is 0 Å². The summed E-state index contributed by atoms with van der Waals surface area (Å²) < 4.78 is 0. The molecule has 0 aromatic carbocycles. The molecule has 0 aliphatic heterocycles. The highest BCUT2D eigenvalue weighted by Crippen LogP contribution is 2.78. The molecule has 3 saturated carbocycles. The SMILES string of the molecule is CC1=C2CC(CC1C1(C3(C)CC4CC(=C3C)C4(C)C)CC3CC(=C1C)C3(C)C)C2(C)C. The van der Waals surface area contributed by atoms with Crippen LogP contribution >= 0.6 is 0 Å². The molecule has 170 valence electrons. The molecule has 31 heavy (non-hydrogen) atoms. The molecule has 0 nitrogen and oxygen atoms in total. The van der Waals surface area contributed by atoms with Gasteiger partial charge in [0.1, 0.15) is 0 Å². The molecule has 6 bridgehead atoms. The Kier molecular flexibility index (Phi) is 3.67. The maximum absolute atomic E-state index is 2.73. The fourth-order valence-electron chi connectivity index (χ4n) is 10.6. The standard InChI is InChI=1S/C31H46/c1-17-23-11-20(27(23,4)5)12-24(17)31(16-22-14-26(19(31)3)29(22,8)9)30(10)15-21-13-25(18(30)2)28(21,6)7/h20-22,24H,11-16H2,1-10H3. The van der Waals surface area contributed by atoms with E-state index in [4.69, 9.17) is 0 Å². The van der Waals surface area contributed by atoms with Gasteiger partial charge in [-0.05, 0) is 105 Å². The minimum Gasteiger partial charge on any atom is -0.0695 e. The van der Waals surface area contributed by atoms with E-state index in [0.29, 0.717) is 27.1 Å². The van der Waals surface area contributed by atoms with Crippen molar-refractivity contribution in [1.29, 1.82) is 0 Å². The van der Waals surface area contributed by atoms with Crippen molar-refractivity contribution >= 4 is 0 Å². The van der Waals surface area contributed by atoms with Crippen molar-refractivity contribution in [2.75, 3.05) is 0 Å². The second-order valence-electron chi connectivity index (χ2n) is 14.7. The van der Waals surface area contributed by atoms with Gasteiger partial charge in [-0.3, -0.25) is 0 Å². The number of allylic oxidation sites excluding steroid dienone is 6. The van der Waals surface area contributed by atoms with Crippen LogP contribution in [0.15, 0.2) is 33.4 Å². The van der Waals surface area contributed by atoms with Crippen molar-refractivity contribution in [3.05, 3.63) is 33.4 Å². The molecule has 9 rings (SSSR count). The first-order chi connectivity index (χ1) is 14.2. The van der Waals surface area contributed by atoms with E-state index in [-0.39, 0.29) is 0 Å². The summed E-state index contributed by atoms with van der Waals surface area (Å²) in [6, 6.07) is 0. The molecular formula is C31H46. The van der Waals surface area contributed by atoms with Gasteiger partial charge in [-0.15, -0.1) is 0 Å². The summed E-state index contributed by atoms with van der Waals surface area (Å²) in [5, 5.41) is 0. The number of rotatable bonds is 2. The Labute approximate surface area is 192 Å². The fraction of sp³-hybridized carbons (Fsp3) is 0.806. The Hall–Kier alpha value is -0.780. The van der Waals surface area contributed by atoms with Gasteiger partial charge >= 0.3 is 0 Å². The molecule has 0 amide bonds. The second kappa shape index (κ2) is 5.47. The molecule has 0 radical (unpaired) electrons. The highest BCUT2D eigenvalue weighted by molar-refractivity contribution is 5.50. The van der Waals surface area contributed by atoms with Gasteiger partial charge in [0.15, 0.2) is 0 Å². The topological polar surface area (TPSA) is 0 Å². The lowest BCUT2D eigenvalue weighted by atomic mass is 9.32. The van der Waals surface area contributed by atoms with Crippen LogP contribution in [-0.2, 0) is 0 Å². The molecule has 0 N–H and O–H groups in total. The van der Waals surface area contributed by atoms with Gasteiger partial charge in [-0.2, -0.15) is 0 Å². The zero-order chi connectivity index (χ0) is 22.5. The van der Waals surface area contributed by atoms with Crippen LogP contribution in [0.3, 0.4) is 0 Å². The highest BCUT2D eigenvalue weighted by Gasteiger charge is 2.69. The first-order valence-corrected chi connectivity index (χ1v) is 13.3. The first kappa shape index (κ1) is 20.8. The van der Waals surface area contributed by atoms with E-state index in [0.717, 1.165) is 23.7 Å². The Morgan fingerprint density at radius 1 is 0.581 bits per heavy atom. The quantitative estimate of drug-likeness (QED) is 0.393. The van der Waals surface area contributed by atoms with E-state index in [1.165, 1.54) is 38.5 Å².